The molecule has 1 aliphatic heterocycles. The standard InChI is InChI=1S/C17H26FN3O5S3/c1-27-11-9-15(20-29(25,26)16-8-4-3-7-14(16)18)17(22)19-13-6-5-10-21(12-13)28(2,23)24/h3-4,7-8,13,15,20H,5-6,9-12H2,1-2H3,(H,19,22). The second kappa shape index (κ2) is 10.2. The van der Waals surface area contributed by atoms with E-state index in [0.717, 1.165) is 18.4 Å². The predicted molar refractivity (Wildman–Crippen MR) is 111 cm³/mol. The van der Waals surface area contributed by atoms with Crippen LogP contribution in [0.1, 0.15) is 19.3 Å². The van der Waals surface area contributed by atoms with Crippen molar-refractivity contribution in [1.29, 1.82) is 0 Å². The van der Waals surface area contributed by atoms with E-state index in [9.17, 15) is 26.0 Å². The summed E-state index contributed by atoms with van der Waals surface area (Å²) in [6.07, 6.45) is 4.33. The molecule has 2 atom stereocenters. The van der Waals surface area contributed by atoms with Crippen molar-refractivity contribution in [1.82, 2.24) is 14.3 Å². The Morgan fingerprint density at radius 2 is 2.00 bits per heavy atom. The van der Waals surface area contributed by atoms with Crippen molar-refractivity contribution in [2.45, 2.75) is 36.2 Å². The number of benzene rings is 1. The Labute approximate surface area is 175 Å². The van der Waals surface area contributed by atoms with Crippen LogP contribution in [0.25, 0.3) is 0 Å². The quantitative estimate of drug-likeness (QED) is 0.555. The van der Waals surface area contributed by atoms with E-state index >= 15 is 0 Å². The first-order valence-corrected chi connectivity index (χ1v) is 13.8. The first-order valence-electron chi connectivity index (χ1n) is 9.06. The third kappa shape index (κ3) is 6.92. The molecule has 0 aliphatic carbocycles. The van der Waals surface area contributed by atoms with Crippen LogP contribution in [0.5, 0.6) is 0 Å². The maximum Gasteiger partial charge on any atom is 0.244 e. The van der Waals surface area contributed by atoms with Crippen LogP contribution >= 0.6 is 11.8 Å². The molecule has 1 saturated heterocycles. The van der Waals surface area contributed by atoms with Gasteiger partial charge in [-0.2, -0.15) is 16.5 Å². The van der Waals surface area contributed by atoms with Gasteiger partial charge in [0.15, 0.2) is 0 Å². The number of rotatable bonds is 9. The lowest BCUT2D eigenvalue weighted by molar-refractivity contribution is -0.123. The minimum absolute atomic E-state index is 0.139. The van der Waals surface area contributed by atoms with E-state index in [4.69, 9.17) is 0 Å². The van der Waals surface area contributed by atoms with Crippen molar-refractivity contribution in [2.75, 3.05) is 31.4 Å². The highest BCUT2D eigenvalue weighted by Gasteiger charge is 2.31. The molecule has 0 saturated carbocycles. The number of halogens is 1. The van der Waals surface area contributed by atoms with Crippen molar-refractivity contribution in [3.05, 3.63) is 30.1 Å². The van der Waals surface area contributed by atoms with Gasteiger partial charge in [0.1, 0.15) is 16.8 Å². The van der Waals surface area contributed by atoms with Crippen LogP contribution in [0.4, 0.5) is 4.39 Å². The average molecular weight is 468 g/mol. The highest BCUT2D eigenvalue weighted by molar-refractivity contribution is 7.98. The van der Waals surface area contributed by atoms with Gasteiger partial charge in [-0.05, 0) is 43.4 Å². The van der Waals surface area contributed by atoms with E-state index in [2.05, 4.69) is 10.0 Å². The van der Waals surface area contributed by atoms with Crippen molar-refractivity contribution in [2.24, 2.45) is 0 Å². The van der Waals surface area contributed by atoms with E-state index in [-0.39, 0.29) is 13.0 Å². The van der Waals surface area contributed by atoms with Crippen molar-refractivity contribution >= 4 is 37.7 Å². The summed E-state index contributed by atoms with van der Waals surface area (Å²) < 4.78 is 66.2. The number of nitrogens with one attached hydrogen (secondary N) is 2. The molecule has 0 bridgehead atoms. The average Bonchev–Trinajstić information content (AvgIpc) is 2.64. The molecule has 8 nitrogen and oxygen atoms in total. The number of amides is 1. The Hall–Kier alpha value is -1.21. The molecule has 1 fully saturated rings. The predicted octanol–water partition coefficient (Wildman–Crippen LogP) is 0.766. The van der Waals surface area contributed by atoms with Crippen LogP contribution in [0, 0.1) is 5.82 Å². The Morgan fingerprint density at radius 1 is 1.31 bits per heavy atom. The van der Waals surface area contributed by atoms with E-state index in [1.165, 1.54) is 28.2 Å². The summed E-state index contributed by atoms with van der Waals surface area (Å²) in [6, 6.07) is 3.43. The number of nitrogens with zero attached hydrogens (tertiary/aromatic N) is 1. The van der Waals surface area contributed by atoms with Gasteiger partial charge in [0.05, 0.1) is 6.26 Å². The summed E-state index contributed by atoms with van der Waals surface area (Å²) in [5.74, 6) is -0.947. The lowest BCUT2D eigenvalue weighted by atomic mass is 10.1. The number of piperidine rings is 1. The molecule has 1 aromatic carbocycles. The molecule has 29 heavy (non-hydrogen) atoms. The van der Waals surface area contributed by atoms with Gasteiger partial charge < -0.3 is 5.32 Å². The largest absolute Gasteiger partial charge is 0.351 e. The summed E-state index contributed by atoms with van der Waals surface area (Å²) in [6.45, 7) is 0.529. The van der Waals surface area contributed by atoms with Gasteiger partial charge in [-0.25, -0.2) is 25.5 Å². The van der Waals surface area contributed by atoms with Gasteiger partial charge in [0, 0.05) is 19.1 Å². The molecule has 2 rings (SSSR count). The molecular weight excluding hydrogens is 441 g/mol. The Kier molecular flexibility index (Phi) is 8.47. The molecule has 2 N–H and O–H groups in total. The molecule has 1 aromatic rings. The van der Waals surface area contributed by atoms with Gasteiger partial charge >= 0.3 is 0 Å². The first kappa shape index (κ1) is 24.1. The number of carbonyl (C=O) groups excluding carboxylic acids is 1. The molecular formula is C17H26FN3O5S3. The zero-order valence-corrected chi connectivity index (χ0v) is 18.7. The maximum atomic E-state index is 13.9. The lowest BCUT2D eigenvalue weighted by Crippen LogP contribution is -2.54. The second-order valence-electron chi connectivity index (χ2n) is 6.85. The molecule has 1 heterocycles. The van der Waals surface area contributed by atoms with Crippen molar-refractivity contribution in [3.63, 3.8) is 0 Å². The fourth-order valence-corrected chi connectivity index (χ4v) is 5.75. The summed E-state index contributed by atoms with van der Waals surface area (Å²) in [7, 11) is -7.61. The third-order valence-electron chi connectivity index (χ3n) is 4.55. The lowest BCUT2D eigenvalue weighted by Gasteiger charge is -2.32. The Morgan fingerprint density at radius 3 is 2.62 bits per heavy atom. The van der Waals surface area contributed by atoms with Gasteiger partial charge in [0.2, 0.25) is 26.0 Å². The molecule has 1 amide bonds. The minimum Gasteiger partial charge on any atom is -0.351 e. The smallest absolute Gasteiger partial charge is 0.244 e. The molecule has 2 unspecified atom stereocenters. The zero-order valence-electron chi connectivity index (χ0n) is 16.3. The van der Waals surface area contributed by atoms with E-state index in [1.54, 1.807) is 0 Å². The number of hydrogen-bond acceptors (Lipinski definition) is 6. The first-order chi connectivity index (χ1) is 13.5. The van der Waals surface area contributed by atoms with Crippen LogP contribution in [-0.2, 0) is 24.8 Å². The third-order valence-corrected chi connectivity index (χ3v) is 7.97. The van der Waals surface area contributed by atoms with Crippen LogP contribution < -0.4 is 10.0 Å². The van der Waals surface area contributed by atoms with Gasteiger partial charge in [-0.3, -0.25) is 4.79 Å². The van der Waals surface area contributed by atoms with E-state index < -0.39 is 48.8 Å². The van der Waals surface area contributed by atoms with E-state index in [1.807, 2.05) is 6.26 Å². The molecule has 0 radical (unpaired) electrons. The normalized spacial score (nSPS) is 19.6. The van der Waals surface area contributed by atoms with Crippen LogP contribution in [0.2, 0.25) is 0 Å². The minimum atomic E-state index is -4.24. The molecule has 0 aromatic heterocycles. The van der Waals surface area contributed by atoms with Gasteiger partial charge in [0.25, 0.3) is 0 Å². The number of thioether (sulfide) groups is 1. The summed E-state index contributed by atoms with van der Waals surface area (Å²) in [5.41, 5.74) is 0. The van der Waals surface area contributed by atoms with Crippen LogP contribution in [-0.4, -0.2) is 70.5 Å². The number of carbonyl (C=O) groups is 1. The highest BCUT2D eigenvalue weighted by atomic mass is 32.2. The Bertz CT molecular complexity index is 924. The summed E-state index contributed by atoms with van der Waals surface area (Å²) >= 11 is 1.45. The van der Waals surface area contributed by atoms with Gasteiger partial charge in [-0.1, -0.05) is 12.1 Å². The summed E-state index contributed by atoms with van der Waals surface area (Å²) in [5, 5.41) is 2.74. The van der Waals surface area contributed by atoms with Gasteiger partial charge in [-0.15, -0.1) is 0 Å². The Balaban J connectivity index is 2.13. The molecule has 12 heteroatoms. The fourth-order valence-electron chi connectivity index (χ4n) is 3.06. The fraction of sp³-hybridized carbons (Fsp3) is 0.588. The van der Waals surface area contributed by atoms with Crippen molar-refractivity contribution in [3.8, 4) is 0 Å². The van der Waals surface area contributed by atoms with Crippen LogP contribution in [0.15, 0.2) is 29.2 Å². The monoisotopic (exact) mass is 467 g/mol. The molecule has 1 aliphatic rings. The second-order valence-corrected chi connectivity index (χ2v) is 11.5. The number of hydrogen-bond donors (Lipinski definition) is 2. The van der Waals surface area contributed by atoms with Crippen molar-refractivity contribution < 1.29 is 26.0 Å². The van der Waals surface area contributed by atoms with E-state index in [0.29, 0.717) is 25.1 Å². The maximum absolute atomic E-state index is 13.9. The summed E-state index contributed by atoms with van der Waals surface area (Å²) in [4.78, 5) is 12.2. The number of sulfonamides is 2. The topological polar surface area (TPSA) is 113 Å². The SMILES string of the molecule is CSCCC(NS(=O)(=O)c1ccccc1F)C(=O)NC1CCCN(S(C)(=O)=O)C1. The highest BCUT2D eigenvalue weighted by Crippen LogP contribution is 2.16. The molecule has 0 spiro atoms. The zero-order chi connectivity index (χ0) is 21.7. The van der Waals surface area contributed by atoms with Crippen LogP contribution in [0.3, 0.4) is 0 Å². The molecule has 164 valence electrons.